The summed E-state index contributed by atoms with van der Waals surface area (Å²) in [6.45, 7) is 3.60. The predicted octanol–water partition coefficient (Wildman–Crippen LogP) is 3.22. The van der Waals surface area contributed by atoms with Gasteiger partial charge in [0.1, 0.15) is 0 Å². The van der Waals surface area contributed by atoms with Gasteiger partial charge in [0, 0.05) is 6.92 Å². The van der Waals surface area contributed by atoms with Gasteiger partial charge in [-0.05, 0) is 18.1 Å². The summed E-state index contributed by atoms with van der Waals surface area (Å²) in [5.41, 5.74) is 3.41. The number of amides is 1. The first-order valence-corrected chi connectivity index (χ1v) is 6.05. The van der Waals surface area contributed by atoms with Crippen molar-refractivity contribution in [3.63, 3.8) is 0 Å². The third kappa shape index (κ3) is 2.98. The van der Waals surface area contributed by atoms with Crippen LogP contribution in [-0.2, 0) is 4.79 Å². The second-order valence-electron chi connectivity index (χ2n) is 4.45. The largest absolute Gasteiger partial charge is 0.345 e. The van der Waals surface area contributed by atoms with Crippen molar-refractivity contribution in [2.45, 2.75) is 19.9 Å². The van der Waals surface area contributed by atoms with Gasteiger partial charge in [0.05, 0.1) is 6.04 Å². The van der Waals surface area contributed by atoms with E-state index in [1.165, 1.54) is 5.56 Å². The monoisotopic (exact) mass is 239 g/mol. The van der Waals surface area contributed by atoms with Crippen LogP contribution >= 0.6 is 0 Å². The lowest BCUT2D eigenvalue weighted by Gasteiger charge is -2.19. The van der Waals surface area contributed by atoms with Crippen LogP contribution in [0.25, 0.3) is 0 Å². The number of hydrogen-bond donors (Lipinski definition) is 1. The van der Waals surface area contributed by atoms with Gasteiger partial charge in [0.15, 0.2) is 0 Å². The van der Waals surface area contributed by atoms with Gasteiger partial charge in [-0.1, -0.05) is 60.2 Å². The Morgan fingerprint density at radius 3 is 2.06 bits per heavy atom. The van der Waals surface area contributed by atoms with Gasteiger partial charge in [-0.15, -0.1) is 0 Å². The number of aryl methyl sites for hydroxylation is 1. The summed E-state index contributed by atoms with van der Waals surface area (Å²) in [5.74, 6) is -0.0237. The summed E-state index contributed by atoms with van der Waals surface area (Å²) in [6.07, 6.45) is 0. The molecule has 0 aliphatic carbocycles. The smallest absolute Gasteiger partial charge is 0.217 e. The maximum atomic E-state index is 11.4. The van der Waals surface area contributed by atoms with Crippen molar-refractivity contribution in [2.24, 2.45) is 0 Å². The molecule has 0 bridgehead atoms. The Labute approximate surface area is 108 Å². The number of hydrogen-bond acceptors (Lipinski definition) is 1. The lowest BCUT2D eigenvalue weighted by atomic mass is 9.98. The molecule has 1 amide bonds. The molecule has 2 heteroatoms. The Morgan fingerprint density at radius 1 is 0.944 bits per heavy atom. The summed E-state index contributed by atoms with van der Waals surface area (Å²) in [6, 6.07) is 18.2. The Bertz CT molecular complexity index is 517. The molecule has 2 rings (SSSR count). The Morgan fingerprint density at radius 2 is 1.50 bits per heavy atom. The lowest BCUT2D eigenvalue weighted by Crippen LogP contribution is -2.26. The van der Waals surface area contributed by atoms with E-state index in [4.69, 9.17) is 0 Å². The summed E-state index contributed by atoms with van der Waals surface area (Å²) < 4.78 is 0. The van der Waals surface area contributed by atoms with Crippen molar-refractivity contribution >= 4 is 5.91 Å². The van der Waals surface area contributed by atoms with E-state index in [9.17, 15) is 4.79 Å². The van der Waals surface area contributed by atoms with E-state index in [0.29, 0.717) is 0 Å². The standard InChI is InChI=1S/C16H17NO/c1-12-8-10-15(11-9-12)16(17-13(2)18)14-6-4-3-5-7-14/h3-11,16H,1-2H3,(H,17,18)/t16-/m1/s1. The molecule has 18 heavy (non-hydrogen) atoms. The van der Waals surface area contributed by atoms with Gasteiger partial charge < -0.3 is 5.32 Å². The minimum atomic E-state index is -0.0794. The van der Waals surface area contributed by atoms with Crippen LogP contribution in [0.3, 0.4) is 0 Å². The van der Waals surface area contributed by atoms with Crippen molar-refractivity contribution < 1.29 is 4.79 Å². The van der Waals surface area contributed by atoms with E-state index in [0.717, 1.165) is 11.1 Å². The van der Waals surface area contributed by atoms with Crippen LogP contribution in [0.15, 0.2) is 54.6 Å². The number of carbonyl (C=O) groups excluding carboxylic acids is 1. The first-order valence-electron chi connectivity index (χ1n) is 6.05. The van der Waals surface area contributed by atoms with Gasteiger partial charge in [0.2, 0.25) is 5.91 Å². The molecule has 92 valence electrons. The highest BCUT2D eigenvalue weighted by molar-refractivity contribution is 5.74. The van der Waals surface area contributed by atoms with Crippen LogP contribution in [0.4, 0.5) is 0 Å². The van der Waals surface area contributed by atoms with Crippen molar-refractivity contribution in [3.8, 4) is 0 Å². The van der Waals surface area contributed by atoms with Crippen LogP contribution in [0.1, 0.15) is 29.7 Å². The highest BCUT2D eigenvalue weighted by Crippen LogP contribution is 2.22. The Balaban J connectivity index is 2.36. The average Bonchev–Trinajstić information content (AvgIpc) is 2.38. The second-order valence-corrected chi connectivity index (χ2v) is 4.45. The fraction of sp³-hybridized carbons (Fsp3) is 0.188. The minimum Gasteiger partial charge on any atom is -0.345 e. The molecule has 2 nitrogen and oxygen atoms in total. The van der Waals surface area contributed by atoms with Crippen molar-refractivity contribution in [1.29, 1.82) is 0 Å². The van der Waals surface area contributed by atoms with Crippen molar-refractivity contribution in [1.82, 2.24) is 5.32 Å². The van der Waals surface area contributed by atoms with Gasteiger partial charge in [-0.25, -0.2) is 0 Å². The average molecular weight is 239 g/mol. The molecule has 2 aromatic carbocycles. The molecule has 1 atom stereocenters. The molecular weight excluding hydrogens is 222 g/mol. The van der Waals surface area contributed by atoms with Crippen molar-refractivity contribution in [2.75, 3.05) is 0 Å². The normalized spacial score (nSPS) is 11.9. The van der Waals surface area contributed by atoms with Gasteiger partial charge in [0.25, 0.3) is 0 Å². The molecule has 0 unspecified atom stereocenters. The third-order valence-electron chi connectivity index (χ3n) is 2.89. The molecule has 0 aromatic heterocycles. The topological polar surface area (TPSA) is 29.1 Å². The first-order chi connectivity index (χ1) is 8.66. The summed E-state index contributed by atoms with van der Waals surface area (Å²) in [4.78, 5) is 11.4. The molecule has 1 N–H and O–H groups in total. The van der Waals surface area contributed by atoms with Crippen LogP contribution < -0.4 is 5.32 Å². The number of rotatable bonds is 3. The molecule has 0 saturated heterocycles. The maximum Gasteiger partial charge on any atom is 0.217 e. The van der Waals surface area contributed by atoms with E-state index in [-0.39, 0.29) is 11.9 Å². The number of nitrogens with one attached hydrogen (secondary N) is 1. The van der Waals surface area contributed by atoms with Gasteiger partial charge in [-0.3, -0.25) is 4.79 Å². The molecule has 0 fully saturated rings. The van der Waals surface area contributed by atoms with E-state index < -0.39 is 0 Å². The lowest BCUT2D eigenvalue weighted by molar-refractivity contribution is -0.119. The first kappa shape index (κ1) is 12.4. The maximum absolute atomic E-state index is 11.4. The predicted molar refractivity (Wildman–Crippen MR) is 73.3 cm³/mol. The molecule has 0 aliphatic rings. The molecule has 0 heterocycles. The van der Waals surface area contributed by atoms with E-state index in [1.807, 2.05) is 30.3 Å². The fourth-order valence-corrected chi connectivity index (χ4v) is 1.97. The molecule has 0 saturated carbocycles. The molecule has 0 spiro atoms. The van der Waals surface area contributed by atoms with Gasteiger partial charge >= 0.3 is 0 Å². The molecular formula is C16H17NO. The van der Waals surface area contributed by atoms with E-state index >= 15 is 0 Å². The minimum absolute atomic E-state index is 0.0237. The summed E-state index contributed by atoms with van der Waals surface area (Å²) in [5, 5.41) is 2.99. The summed E-state index contributed by atoms with van der Waals surface area (Å²) >= 11 is 0. The van der Waals surface area contributed by atoms with Crippen LogP contribution in [-0.4, -0.2) is 5.91 Å². The highest BCUT2D eigenvalue weighted by Gasteiger charge is 2.14. The summed E-state index contributed by atoms with van der Waals surface area (Å²) in [7, 11) is 0. The van der Waals surface area contributed by atoms with Crippen LogP contribution in [0.2, 0.25) is 0 Å². The molecule has 2 aromatic rings. The van der Waals surface area contributed by atoms with Crippen LogP contribution in [0, 0.1) is 6.92 Å². The third-order valence-corrected chi connectivity index (χ3v) is 2.89. The quantitative estimate of drug-likeness (QED) is 0.875. The Hall–Kier alpha value is -2.09. The zero-order valence-electron chi connectivity index (χ0n) is 10.7. The van der Waals surface area contributed by atoms with E-state index in [1.54, 1.807) is 6.92 Å². The zero-order valence-corrected chi connectivity index (χ0v) is 10.7. The zero-order chi connectivity index (χ0) is 13.0. The SMILES string of the molecule is CC(=O)N[C@H](c1ccccc1)c1ccc(C)cc1. The Kier molecular flexibility index (Phi) is 3.78. The number of carbonyl (C=O) groups is 1. The van der Waals surface area contributed by atoms with Gasteiger partial charge in [-0.2, -0.15) is 0 Å². The van der Waals surface area contributed by atoms with Crippen molar-refractivity contribution in [3.05, 3.63) is 71.3 Å². The molecule has 0 radical (unpaired) electrons. The highest BCUT2D eigenvalue weighted by atomic mass is 16.1. The van der Waals surface area contributed by atoms with Crippen LogP contribution in [0.5, 0.6) is 0 Å². The number of benzene rings is 2. The van der Waals surface area contributed by atoms with E-state index in [2.05, 4.69) is 36.5 Å². The second kappa shape index (κ2) is 5.50. The fourth-order valence-electron chi connectivity index (χ4n) is 1.97. The molecule has 0 aliphatic heterocycles.